The molecule has 2 heterocycles. The number of carbonyl (C=O) groups is 1. The number of fused-ring (bicyclic) bond motifs is 7. The first-order chi connectivity index (χ1) is 8.36. The fourth-order valence-corrected chi connectivity index (χ4v) is 4.03. The zero-order valence-electron chi connectivity index (χ0n) is 11.1. The van der Waals surface area contributed by atoms with Crippen molar-refractivity contribution in [1.82, 2.24) is 0 Å². The van der Waals surface area contributed by atoms with Crippen LogP contribution in [0.15, 0.2) is 23.3 Å². The van der Waals surface area contributed by atoms with Crippen LogP contribution in [-0.4, -0.2) is 24.3 Å². The van der Waals surface area contributed by atoms with E-state index in [1.807, 2.05) is 13.8 Å². The first-order valence-electron chi connectivity index (χ1n) is 6.67. The van der Waals surface area contributed by atoms with Crippen LogP contribution >= 0.6 is 0 Å². The molecular formula is C15H18O3. The molecule has 0 aromatic carbocycles. The van der Waals surface area contributed by atoms with Gasteiger partial charge in [-0.2, -0.15) is 0 Å². The van der Waals surface area contributed by atoms with Gasteiger partial charge >= 0.3 is 0 Å². The number of ketones is 1. The second kappa shape index (κ2) is 2.81. The van der Waals surface area contributed by atoms with Gasteiger partial charge in [0.05, 0.1) is 12.0 Å². The molecule has 2 fully saturated rings. The van der Waals surface area contributed by atoms with Gasteiger partial charge in [-0.05, 0) is 45.3 Å². The van der Waals surface area contributed by atoms with Gasteiger partial charge in [0, 0.05) is 11.0 Å². The molecule has 0 amide bonds. The van der Waals surface area contributed by atoms with Gasteiger partial charge in [-0.25, -0.2) is 0 Å². The van der Waals surface area contributed by atoms with Crippen molar-refractivity contribution in [3.05, 3.63) is 23.3 Å². The minimum atomic E-state index is -0.350. The van der Waals surface area contributed by atoms with E-state index in [2.05, 4.69) is 19.1 Å². The van der Waals surface area contributed by atoms with Crippen LogP contribution in [0.5, 0.6) is 0 Å². The van der Waals surface area contributed by atoms with Gasteiger partial charge in [0.25, 0.3) is 0 Å². The third-order valence-electron chi connectivity index (χ3n) is 5.14. The van der Waals surface area contributed by atoms with E-state index < -0.39 is 0 Å². The molecule has 3 heteroatoms. The zero-order valence-corrected chi connectivity index (χ0v) is 11.1. The van der Waals surface area contributed by atoms with E-state index in [4.69, 9.17) is 9.47 Å². The van der Waals surface area contributed by atoms with Gasteiger partial charge in [-0.1, -0.05) is 6.08 Å². The van der Waals surface area contributed by atoms with Crippen molar-refractivity contribution in [3.63, 3.8) is 0 Å². The molecule has 4 bridgehead atoms. The van der Waals surface area contributed by atoms with E-state index in [0.29, 0.717) is 12.4 Å². The van der Waals surface area contributed by atoms with E-state index in [1.165, 1.54) is 5.57 Å². The van der Waals surface area contributed by atoms with E-state index in [1.54, 1.807) is 0 Å². The first kappa shape index (κ1) is 10.9. The maximum absolute atomic E-state index is 12.7. The summed E-state index contributed by atoms with van der Waals surface area (Å²) in [6, 6.07) is 0. The molecule has 1 saturated carbocycles. The molecule has 0 N–H and O–H groups in total. The molecule has 4 atom stereocenters. The smallest absolute Gasteiger partial charge is 0.185 e. The predicted molar refractivity (Wildman–Crippen MR) is 65.9 cm³/mol. The summed E-state index contributed by atoms with van der Waals surface area (Å²) in [6.07, 6.45) is 5.85. The Kier molecular flexibility index (Phi) is 1.71. The molecule has 0 aromatic heterocycles. The van der Waals surface area contributed by atoms with Crippen molar-refractivity contribution in [1.29, 1.82) is 0 Å². The van der Waals surface area contributed by atoms with E-state index in [-0.39, 0.29) is 22.7 Å². The Morgan fingerprint density at radius 3 is 2.78 bits per heavy atom. The van der Waals surface area contributed by atoms with Gasteiger partial charge in [0.15, 0.2) is 12.1 Å². The van der Waals surface area contributed by atoms with Crippen molar-refractivity contribution >= 4 is 5.78 Å². The highest BCUT2D eigenvalue weighted by molar-refractivity contribution is 5.99. The molecule has 18 heavy (non-hydrogen) atoms. The normalized spacial score (nSPS) is 53.1. The second-order valence-corrected chi connectivity index (χ2v) is 6.81. The molecule has 0 unspecified atom stereocenters. The Balaban J connectivity index is 1.98. The average Bonchev–Trinajstić information content (AvgIpc) is 2.71. The third kappa shape index (κ3) is 1.06. The summed E-state index contributed by atoms with van der Waals surface area (Å²) in [7, 11) is 0. The lowest BCUT2D eigenvalue weighted by atomic mass is 9.66. The van der Waals surface area contributed by atoms with Gasteiger partial charge < -0.3 is 9.47 Å². The van der Waals surface area contributed by atoms with Crippen LogP contribution in [0.2, 0.25) is 0 Å². The molecule has 3 nitrogen and oxygen atoms in total. The van der Waals surface area contributed by atoms with Gasteiger partial charge in [0.2, 0.25) is 0 Å². The van der Waals surface area contributed by atoms with E-state index >= 15 is 0 Å². The standard InChI is InChI=1S/C15H18O3/c1-13-4-5-15(3,12(13)16)10-7-14(2)8-17-11(18-14)9(10)6-13/h6-7,11H,4-5,8H2,1-3H3/t11-,13-,14+,15+/m0/s1. The molecule has 4 rings (SSSR count). The van der Waals surface area contributed by atoms with Crippen molar-refractivity contribution < 1.29 is 14.3 Å². The van der Waals surface area contributed by atoms with Crippen LogP contribution in [0.25, 0.3) is 0 Å². The fourth-order valence-electron chi connectivity index (χ4n) is 4.03. The van der Waals surface area contributed by atoms with Gasteiger partial charge in [0.1, 0.15) is 5.60 Å². The highest BCUT2D eigenvalue weighted by Gasteiger charge is 2.60. The summed E-state index contributed by atoms with van der Waals surface area (Å²) in [5.41, 5.74) is 1.28. The molecule has 0 aromatic rings. The number of hydrogen-bond acceptors (Lipinski definition) is 3. The van der Waals surface area contributed by atoms with Crippen LogP contribution in [0.3, 0.4) is 0 Å². The summed E-state index contributed by atoms with van der Waals surface area (Å²) >= 11 is 0. The predicted octanol–water partition coefficient (Wildman–Crippen LogP) is 2.37. The van der Waals surface area contributed by atoms with Gasteiger partial charge in [-0.15, -0.1) is 0 Å². The highest BCUT2D eigenvalue weighted by atomic mass is 16.7. The van der Waals surface area contributed by atoms with E-state index in [9.17, 15) is 4.79 Å². The Bertz CT molecular complexity index is 532. The first-order valence-corrected chi connectivity index (χ1v) is 6.67. The molecule has 4 aliphatic rings. The van der Waals surface area contributed by atoms with Crippen molar-refractivity contribution in [2.45, 2.75) is 45.5 Å². The Morgan fingerprint density at radius 1 is 1.22 bits per heavy atom. The van der Waals surface area contributed by atoms with Crippen LogP contribution < -0.4 is 0 Å². The quantitative estimate of drug-likeness (QED) is 0.658. The zero-order chi connectivity index (χ0) is 12.8. The summed E-state index contributed by atoms with van der Waals surface area (Å²) in [4.78, 5) is 12.7. The second-order valence-electron chi connectivity index (χ2n) is 6.81. The van der Waals surface area contributed by atoms with E-state index in [0.717, 1.165) is 18.4 Å². The highest BCUT2D eigenvalue weighted by Crippen LogP contribution is 2.59. The van der Waals surface area contributed by atoms with Crippen LogP contribution in [-0.2, 0) is 14.3 Å². The Labute approximate surface area is 107 Å². The minimum Gasteiger partial charge on any atom is -0.345 e. The lowest BCUT2D eigenvalue weighted by molar-refractivity contribution is -0.130. The Morgan fingerprint density at radius 2 is 2.00 bits per heavy atom. The van der Waals surface area contributed by atoms with Gasteiger partial charge in [-0.3, -0.25) is 4.79 Å². The largest absolute Gasteiger partial charge is 0.345 e. The number of ether oxygens (including phenoxy) is 2. The Hall–Kier alpha value is -0.930. The minimum absolute atomic E-state index is 0.264. The topological polar surface area (TPSA) is 35.5 Å². The maximum atomic E-state index is 12.7. The number of Topliss-reactive ketones (excluding diaryl/α,β-unsaturated/α-hetero) is 1. The molecule has 2 aliphatic heterocycles. The number of carbonyl (C=O) groups excluding carboxylic acids is 1. The molecule has 0 radical (unpaired) electrons. The molecule has 0 spiro atoms. The molecule has 96 valence electrons. The van der Waals surface area contributed by atoms with Crippen molar-refractivity contribution in [3.8, 4) is 0 Å². The molecular weight excluding hydrogens is 228 g/mol. The molecule has 1 saturated heterocycles. The van der Waals surface area contributed by atoms with Crippen LogP contribution in [0.4, 0.5) is 0 Å². The number of allylic oxidation sites excluding steroid dienone is 1. The lowest BCUT2D eigenvalue weighted by Crippen LogP contribution is -2.43. The monoisotopic (exact) mass is 246 g/mol. The number of rotatable bonds is 0. The van der Waals surface area contributed by atoms with Crippen molar-refractivity contribution in [2.24, 2.45) is 10.8 Å². The summed E-state index contributed by atoms with van der Waals surface area (Å²) < 4.78 is 11.7. The summed E-state index contributed by atoms with van der Waals surface area (Å²) in [6.45, 7) is 6.76. The summed E-state index contributed by atoms with van der Waals surface area (Å²) in [5.74, 6) is 0.370. The van der Waals surface area contributed by atoms with Crippen LogP contribution in [0, 0.1) is 10.8 Å². The summed E-state index contributed by atoms with van der Waals surface area (Å²) in [5, 5.41) is 0. The van der Waals surface area contributed by atoms with Crippen molar-refractivity contribution in [2.75, 3.05) is 6.61 Å². The maximum Gasteiger partial charge on any atom is 0.185 e. The molecule has 2 aliphatic carbocycles. The SMILES string of the molecule is C[C@@]12CC[C@@](C)(C=C3C1=C[C@]1(C)CO[C@H]3O1)C2=O. The average molecular weight is 246 g/mol. The van der Waals surface area contributed by atoms with Crippen LogP contribution in [0.1, 0.15) is 33.6 Å². The third-order valence-corrected chi connectivity index (χ3v) is 5.14. The number of hydrogen-bond donors (Lipinski definition) is 0. The fraction of sp³-hybridized carbons (Fsp3) is 0.667. The lowest BCUT2D eigenvalue weighted by Gasteiger charge is -2.40.